The van der Waals surface area contributed by atoms with E-state index in [2.05, 4.69) is 10.6 Å². The van der Waals surface area contributed by atoms with E-state index in [0.717, 1.165) is 5.56 Å². The van der Waals surface area contributed by atoms with Crippen LogP contribution in [0.5, 0.6) is 5.75 Å². The van der Waals surface area contributed by atoms with Crippen molar-refractivity contribution in [2.24, 2.45) is 0 Å². The topological polar surface area (TPSA) is 50.4 Å². The van der Waals surface area contributed by atoms with E-state index in [-0.39, 0.29) is 0 Å². The fourth-order valence-electron chi connectivity index (χ4n) is 1.74. The summed E-state index contributed by atoms with van der Waals surface area (Å²) in [6.07, 6.45) is 3.20. The SMILES string of the molecule is COc1ccccc1/C=C/NC(=O)Nc1cccc(F)c1. The van der Waals surface area contributed by atoms with E-state index in [1.807, 2.05) is 24.3 Å². The molecule has 2 rings (SSSR count). The van der Waals surface area contributed by atoms with Gasteiger partial charge >= 0.3 is 6.03 Å². The minimum Gasteiger partial charge on any atom is -0.496 e. The zero-order chi connectivity index (χ0) is 15.1. The first-order valence-electron chi connectivity index (χ1n) is 6.31. The van der Waals surface area contributed by atoms with E-state index in [9.17, 15) is 9.18 Å². The molecule has 4 nitrogen and oxygen atoms in total. The van der Waals surface area contributed by atoms with Gasteiger partial charge in [-0.25, -0.2) is 9.18 Å². The zero-order valence-corrected chi connectivity index (χ0v) is 11.5. The zero-order valence-electron chi connectivity index (χ0n) is 11.5. The van der Waals surface area contributed by atoms with Gasteiger partial charge in [0, 0.05) is 17.5 Å². The molecule has 0 heterocycles. The van der Waals surface area contributed by atoms with Gasteiger partial charge in [0.2, 0.25) is 0 Å². The summed E-state index contributed by atoms with van der Waals surface area (Å²) in [6.45, 7) is 0. The molecule has 0 aliphatic rings. The number of hydrogen-bond donors (Lipinski definition) is 2. The second-order valence-corrected chi connectivity index (χ2v) is 4.18. The number of benzene rings is 2. The van der Waals surface area contributed by atoms with Gasteiger partial charge in [0.1, 0.15) is 11.6 Å². The number of nitrogens with one attached hydrogen (secondary N) is 2. The number of para-hydroxylation sites is 1. The maximum Gasteiger partial charge on any atom is 0.323 e. The van der Waals surface area contributed by atoms with Gasteiger partial charge < -0.3 is 15.4 Å². The molecule has 0 saturated carbocycles. The molecule has 0 aliphatic carbocycles. The summed E-state index contributed by atoms with van der Waals surface area (Å²) < 4.78 is 18.2. The number of hydrogen-bond acceptors (Lipinski definition) is 2. The van der Waals surface area contributed by atoms with Crippen LogP contribution in [0.15, 0.2) is 54.7 Å². The van der Waals surface area contributed by atoms with Gasteiger partial charge in [0.15, 0.2) is 0 Å². The van der Waals surface area contributed by atoms with Crippen LogP contribution >= 0.6 is 0 Å². The van der Waals surface area contributed by atoms with Crippen LogP contribution in [0.2, 0.25) is 0 Å². The van der Waals surface area contributed by atoms with Crippen LogP contribution in [-0.2, 0) is 0 Å². The van der Waals surface area contributed by atoms with Gasteiger partial charge in [-0.3, -0.25) is 0 Å². The van der Waals surface area contributed by atoms with Gasteiger partial charge in [-0.2, -0.15) is 0 Å². The maximum absolute atomic E-state index is 13.0. The predicted octanol–water partition coefficient (Wildman–Crippen LogP) is 3.63. The van der Waals surface area contributed by atoms with E-state index in [1.54, 1.807) is 19.3 Å². The van der Waals surface area contributed by atoms with Crippen molar-refractivity contribution in [1.82, 2.24) is 5.32 Å². The number of urea groups is 1. The van der Waals surface area contributed by atoms with E-state index >= 15 is 0 Å². The third-order valence-electron chi connectivity index (χ3n) is 2.70. The van der Waals surface area contributed by atoms with E-state index < -0.39 is 11.8 Å². The molecule has 5 heteroatoms. The number of carbonyl (C=O) groups is 1. The van der Waals surface area contributed by atoms with E-state index in [0.29, 0.717) is 11.4 Å². The highest BCUT2D eigenvalue weighted by molar-refractivity contribution is 5.90. The summed E-state index contributed by atoms with van der Waals surface area (Å²) >= 11 is 0. The highest BCUT2D eigenvalue weighted by Crippen LogP contribution is 2.18. The first-order valence-corrected chi connectivity index (χ1v) is 6.31. The second-order valence-electron chi connectivity index (χ2n) is 4.18. The molecule has 2 N–H and O–H groups in total. The van der Waals surface area contributed by atoms with Gasteiger partial charge in [0.05, 0.1) is 7.11 Å². The smallest absolute Gasteiger partial charge is 0.323 e. The molecule has 0 atom stereocenters. The summed E-state index contributed by atoms with van der Waals surface area (Å²) in [6, 6.07) is 12.6. The van der Waals surface area contributed by atoms with Crippen molar-refractivity contribution in [1.29, 1.82) is 0 Å². The molecule has 0 bridgehead atoms. The Kier molecular flexibility index (Phi) is 4.93. The fourth-order valence-corrected chi connectivity index (χ4v) is 1.74. The Hall–Kier alpha value is -2.82. The van der Waals surface area contributed by atoms with Gasteiger partial charge in [-0.05, 0) is 30.3 Å². The monoisotopic (exact) mass is 286 g/mol. The Bertz CT molecular complexity index is 656. The molecule has 0 fully saturated rings. The largest absolute Gasteiger partial charge is 0.496 e. The summed E-state index contributed by atoms with van der Waals surface area (Å²) in [5.41, 5.74) is 1.23. The lowest BCUT2D eigenvalue weighted by molar-refractivity contribution is 0.255. The summed E-state index contributed by atoms with van der Waals surface area (Å²) in [7, 11) is 1.58. The highest BCUT2D eigenvalue weighted by Gasteiger charge is 2.01. The minimum absolute atomic E-state index is 0.387. The summed E-state index contributed by atoms with van der Waals surface area (Å²) in [5.74, 6) is 0.304. The number of amides is 2. The molecule has 0 aliphatic heterocycles. The number of rotatable bonds is 4. The van der Waals surface area contributed by atoms with Crippen molar-refractivity contribution in [2.75, 3.05) is 12.4 Å². The van der Waals surface area contributed by atoms with Crippen molar-refractivity contribution in [3.8, 4) is 5.75 Å². The molecule has 0 aromatic heterocycles. The van der Waals surface area contributed by atoms with Crippen LogP contribution in [0, 0.1) is 5.82 Å². The van der Waals surface area contributed by atoms with Gasteiger partial charge in [0.25, 0.3) is 0 Å². The normalized spacial score (nSPS) is 10.4. The Morgan fingerprint density at radius 2 is 2.00 bits per heavy atom. The first kappa shape index (κ1) is 14.6. The molecule has 0 unspecified atom stereocenters. The average molecular weight is 286 g/mol. The third-order valence-corrected chi connectivity index (χ3v) is 2.70. The first-order chi connectivity index (χ1) is 10.2. The number of carbonyl (C=O) groups excluding carboxylic acids is 1. The van der Waals surface area contributed by atoms with Gasteiger partial charge in [-0.15, -0.1) is 0 Å². The molecule has 21 heavy (non-hydrogen) atoms. The lowest BCUT2D eigenvalue weighted by Crippen LogP contribution is -2.23. The lowest BCUT2D eigenvalue weighted by atomic mass is 10.2. The Labute approximate surface area is 122 Å². The highest BCUT2D eigenvalue weighted by atomic mass is 19.1. The molecule has 2 aromatic carbocycles. The average Bonchev–Trinajstić information content (AvgIpc) is 2.47. The fraction of sp³-hybridized carbons (Fsp3) is 0.0625. The van der Waals surface area contributed by atoms with Crippen molar-refractivity contribution >= 4 is 17.8 Å². The Balaban J connectivity index is 1.93. The van der Waals surface area contributed by atoms with Crippen LogP contribution in [-0.4, -0.2) is 13.1 Å². The van der Waals surface area contributed by atoms with Crippen molar-refractivity contribution < 1.29 is 13.9 Å². The standard InChI is InChI=1S/C16H15FN2O2/c1-21-15-8-3-2-5-12(15)9-10-18-16(20)19-14-7-4-6-13(17)11-14/h2-11H,1H3,(H2,18,19,20)/b10-9+. The van der Waals surface area contributed by atoms with Crippen molar-refractivity contribution in [3.05, 3.63) is 66.1 Å². The lowest BCUT2D eigenvalue weighted by Gasteiger charge is -2.05. The number of methoxy groups -OCH3 is 1. The summed E-state index contributed by atoms with van der Waals surface area (Å²) in [4.78, 5) is 11.6. The number of ether oxygens (including phenoxy) is 1. The molecule has 2 aromatic rings. The molecular formula is C16H15FN2O2. The van der Waals surface area contributed by atoms with Crippen LogP contribution in [0.1, 0.15) is 5.56 Å². The summed E-state index contributed by atoms with van der Waals surface area (Å²) in [5, 5.41) is 5.07. The maximum atomic E-state index is 13.0. The van der Waals surface area contributed by atoms with Crippen LogP contribution in [0.25, 0.3) is 6.08 Å². The molecular weight excluding hydrogens is 271 g/mol. The molecule has 2 amide bonds. The molecule has 0 spiro atoms. The third kappa shape index (κ3) is 4.35. The van der Waals surface area contributed by atoms with Crippen LogP contribution < -0.4 is 15.4 Å². The number of halogens is 1. The van der Waals surface area contributed by atoms with Crippen molar-refractivity contribution in [3.63, 3.8) is 0 Å². The van der Waals surface area contributed by atoms with E-state index in [1.165, 1.54) is 24.4 Å². The molecule has 108 valence electrons. The molecule has 0 radical (unpaired) electrons. The second kappa shape index (κ2) is 7.09. The Morgan fingerprint density at radius 3 is 2.76 bits per heavy atom. The van der Waals surface area contributed by atoms with Crippen LogP contribution in [0.4, 0.5) is 14.9 Å². The quantitative estimate of drug-likeness (QED) is 0.901. The van der Waals surface area contributed by atoms with Crippen molar-refractivity contribution in [2.45, 2.75) is 0 Å². The number of anilines is 1. The Morgan fingerprint density at radius 1 is 1.19 bits per heavy atom. The minimum atomic E-state index is -0.452. The van der Waals surface area contributed by atoms with Crippen LogP contribution in [0.3, 0.4) is 0 Å². The van der Waals surface area contributed by atoms with Gasteiger partial charge in [-0.1, -0.05) is 24.3 Å². The molecule has 0 saturated heterocycles. The predicted molar refractivity (Wildman–Crippen MR) is 80.6 cm³/mol. The van der Waals surface area contributed by atoms with E-state index in [4.69, 9.17) is 4.74 Å².